The van der Waals surface area contributed by atoms with E-state index in [1.54, 1.807) is 30.3 Å². The van der Waals surface area contributed by atoms with Crippen molar-refractivity contribution in [3.8, 4) is 11.3 Å². The van der Waals surface area contributed by atoms with Crippen molar-refractivity contribution in [1.29, 1.82) is 0 Å². The number of rotatable bonds is 5. The summed E-state index contributed by atoms with van der Waals surface area (Å²) in [5.41, 5.74) is 0.587. The van der Waals surface area contributed by atoms with Gasteiger partial charge in [0.05, 0.1) is 31.2 Å². The predicted octanol–water partition coefficient (Wildman–Crippen LogP) is 6.47. The van der Waals surface area contributed by atoms with Gasteiger partial charge in [0.15, 0.2) is 0 Å². The first-order valence-corrected chi connectivity index (χ1v) is 8.96. The third-order valence-electron chi connectivity index (χ3n) is 3.66. The smallest absolute Gasteiger partial charge is 0.280 e. The number of halogens is 3. The highest BCUT2D eigenvalue weighted by molar-refractivity contribution is 6.44. The maximum Gasteiger partial charge on any atom is 0.280 e. The van der Waals surface area contributed by atoms with Crippen LogP contribution in [-0.2, 0) is 4.79 Å². The molecule has 1 N–H and O–H groups in total. The molecular formula is C19H11Cl3N2O4. The minimum atomic E-state index is -0.484. The lowest BCUT2D eigenvalue weighted by Gasteiger charge is -2.06. The number of nitrogens with one attached hydrogen (secondary N) is 1. The van der Waals surface area contributed by atoms with Gasteiger partial charge in [0.1, 0.15) is 11.5 Å². The molecule has 9 heteroatoms. The molecule has 3 rings (SSSR count). The fraction of sp³-hybridized carbons (Fsp3) is 0. The lowest BCUT2D eigenvalue weighted by atomic mass is 10.1. The second kappa shape index (κ2) is 8.48. The number of anilines is 1. The molecule has 0 atom stereocenters. The minimum absolute atomic E-state index is 0.0700. The lowest BCUT2D eigenvalue weighted by molar-refractivity contribution is -0.384. The van der Waals surface area contributed by atoms with Gasteiger partial charge in [-0.25, -0.2) is 0 Å². The van der Waals surface area contributed by atoms with Crippen molar-refractivity contribution in [2.24, 2.45) is 0 Å². The van der Waals surface area contributed by atoms with Crippen LogP contribution in [0.5, 0.6) is 0 Å². The van der Waals surface area contributed by atoms with Crippen LogP contribution in [0.15, 0.2) is 59.0 Å². The Bertz CT molecular complexity index is 1090. The highest BCUT2D eigenvalue weighted by Crippen LogP contribution is 2.33. The number of amides is 1. The maximum atomic E-state index is 12.1. The summed E-state index contributed by atoms with van der Waals surface area (Å²) >= 11 is 17.8. The van der Waals surface area contributed by atoms with Crippen LogP contribution >= 0.6 is 34.8 Å². The zero-order valence-electron chi connectivity index (χ0n) is 14.0. The second-order valence-corrected chi connectivity index (χ2v) is 6.77. The number of nitrogens with zero attached hydrogens (tertiary/aromatic N) is 1. The van der Waals surface area contributed by atoms with Gasteiger partial charge >= 0.3 is 0 Å². The number of nitro groups is 1. The molecule has 0 radical (unpaired) electrons. The first-order valence-electron chi connectivity index (χ1n) is 7.82. The Hall–Kier alpha value is -2.80. The Balaban J connectivity index is 1.75. The van der Waals surface area contributed by atoms with Gasteiger partial charge in [0, 0.05) is 12.1 Å². The largest absolute Gasteiger partial charge is 0.456 e. The molecule has 0 unspecified atom stereocenters. The molecular weight excluding hydrogens is 427 g/mol. The molecule has 28 heavy (non-hydrogen) atoms. The molecule has 6 nitrogen and oxygen atoms in total. The van der Waals surface area contributed by atoms with E-state index < -0.39 is 10.8 Å². The van der Waals surface area contributed by atoms with E-state index in [4.69, 9.17) is 39.2 Å². The van der Waals surface area contributed by atoms with Crippen molar-refractivity contribution in [2.45, 2.75) is 0 Å². The van der Waals surface area contributed by atoms with Crippen LogP contribution in [0.2, 0.25) is 15.1 Å². The Kier molecular flexibility index (Phi) is 6.04. The molecule has 1 aromatic heterocycles. The topological polar surface area (TPSA) is 85.4 Å². The van der Waals surface area contributed by atoms with Crippen molar-refractivity contribution in [3.05, 3.63) is 85.5 Å². The summed E-state index contributed by atoms with van der Waals surface area (Å²) in [5, 5.41) is 14.5. The summed E-state index contributed by atoms with van der Waals surface area (Å²) in [6.07, 6.45) is 2.67. The molecule has 0 spiro atoms. The van der Waals surface area contributed by atoms with Crippen LogP contribution in [-0.4, -0.2) is 10.8 Å². The monoisotopic (exact) mass is 436 g/mol. The van der Waals surface area contributed by atoms with E-state index in [2.05, 4.69) is 5.32 Å². The fourth-order valence-electron chi connectivity index (χ4n) is 2.38. The first kappa shape index (κ1) is 19.9. The molecule has 2 aromatic carbocycles. The highest BCUT2D eigenvalue weighted by atomic mass is 35.5. The van der Waals surface area contributed by atoms with Crippen molar-refractivity contribution < 1.29 is 14.1 Å². The van der Waals surface area contributed by atoms with Crippen molar-refractivity contribution in [2.75, 3.05) is 5.32 Å². The summed E-state index contributed by atoms with van der Waals surface area (Å²) in [5.74, 6) is 0.201. The Labute approximate surface area is 174 Å². The zero-order chi connectivity index (χ0) is 20.3. The van der Waals surface area contributed by atoms with E-state index in [0.717, 1.165) is 0 Å². The average molecular weight is 438 g/mol. The number of para-hydroxylation sites is 1. The third-order valence-corrected chi connectivity index (χ3v) is 4.69. The molecule has 0 saturated heterocycles. The standard InChI is InChI=1S/C19H11Cl3N2O4/c20-13-9-15(22)16(10-14(13)21)23-19(25)8-6-11-5-7-18(28-11)12-3-1-2-4-17(12)24(26)27/h1-10H,(H,23,25). The minimum Gasteiger partial charge on any atom is -0.456 e. The van der Waals surface area contributed by atoms with E-state index in [1.165, 1.54) is 30.4 Å². The Morgan fingerprint density at radius 3 is 2.50 bits per heavy atom. The van der Waals surface area contributed by atoms with Gasteiger partial charge in [-0.05, 0) is 36.4 Å². The second-order valence-electron chi connectivity index (χ2n) is 5.55. The molecule has 0 aliphatic rings. The quantitative estimate of drug-likeness (QED) is 0.215. The normalized spacial score (nSPS) is 11.0. The molecule has 3 aromatic rings. The number of carbonyl (C=O) groups is 1. The third kappa shape index (κ3) is 4.54. The number of benzene rings is 2. The van der Waals surface area contributed by atoms with Gasteiger partial charge in [0.25, 0.3) is 5.69 Å². The molecule has 1 amide bonds. The Morgan fingerprint density at radius 1 is 1.04 bits per heavy atom. The SMILES string of the molecule is O=C(C=Cc1ccc(-c2ccccc2[N+](=O)[O-])o1)Nc1cc(Cl)c(Cl)cc1Cl. The lowest BCUT2D eigenvalue weighted by Crippen LogP contribution is -2.08. The van der Waals surface area contributed by atoms with Crippen LogP contribution in [0, 0.1) is 10.1 Å². The van der Waals surface area contributed by atoms with Gasteiger partial charge < -0.3 is 9.73 Å². The summed E-state index contributed by atoms with van der Waals surface area (Å²) in [4.78, 5) is 22.7. The predicted molar refractivity (Wildman–Crippen MR) is 110 cm³/mol. The van der Waals surface area contributed by atoms with Gasteiger partial charge in [-0.3, -0.25) is 14.9 Å². The fourth-order valence-corrected chi connectivity index (χ4v) is 2.97. The number of hydrogen-bond acceptors (Lipinski definition) is 4. The number of furan rings is 1. The number of nitro benzene ring substituents is 1. The van der Waals surface area contributed by atoms with Crippen LogP contribution in [0.25, 0.3) is 17.4 Å². The summed E-state index contributed by atoms with van der Waals surface area (Å²) in [6.45, 7) is 0. The first-order chi connectivity index (χ1) is 13.3. The van der Waals surface area contributed by atoms with Crippen LogP contribution < -0.4 is 5.32 Å². The number of hydrogen-bond donors (Lipinski definition) is 1. The number of carbonyl (C=O) groups excluding carboxylic acids is 1. The van der Waals surface area contributed by atoms with Crippen LogP contribution in [0.4, 0.5) is 11.4 Å². The van der Waals surface area contributed by atoms with Crippen molar-refractivity contribution >= 4 is 58.2 Å². The average Bonchev–Trinajstić information content (AvgIpc) is 3.13. The Morgan fingerprint density at radius 2 is 1.75 bits per heavy atom. The van der Waals surface area contributed by atoms with Crippen molar-refractivity contribution in [1.82, 2.24) is 0 Å². The summed E-state index contributed by atoms with van der Waals surface area (Å²) in [7, 11) is 0. The molecule has 0 aliphatic carbocycles. The van der Waals surface area contributed by atoms with Gasteiger partial charge in [-0.2, -0.15) is 0 Å². The van der Waals surface area contributed by atoms with Gasteiger partial charge in [-0.1, -0.05) is 46.9 Å². The summed E-state index contributed by atoms with van der Waals surface area (Å²) in [6, 6.07) is 12.3. The molecule has 0 fully saturated rings. The van der Waals surface area contributed by atoms with E-state index in [9.17, 15) is 14.9 Å². The van der Waals surface area contributed by atoms with E-state index >= 15 is 0 Å². The van der Waals surface area contributed by atoms with Crippen molar-refractivity contribution in [3.63, 3.8) is 0 Å². The van der Waals surface area contributed by atoms with E-state index in [1.807, 2.05) is 0 Å². The molecule has 0 saturated carbocycles. The molecule has 1 heterocycles. The zero-order valence-corrected chi connectivity index (χ0v) is 16.3. The van der Waals surface area contributed by atoms with Crippen LogP contribution in [0.1, 0.15) is 5.76 Å². The highest BCUT2D eigenvalue weighted by Gasteiger charge is 2.16. The molecule has 0 bridgehead atoms. The molecule has 0 aliphatic heterocycles. The van der Waals surface area contributed by atoms with Crippen LogP contribution in [0.3, 0.4) is 0 Å². The van der Waals surface area contributed by atoms with E-state index in [-0.39, 0.29) is 20.8 Å². The van der Waals surface area contributed by atoms with Gasteiger partial charge in [0.2, 0.25) is 5.91 Å². The van der Waals surface area contributed by atoms with E-state index in [0.29, 0.717) is 22.8 Å². The van der Waals surface area contributed by atoms with Gasteiger partial charge in [-0.15, -0.1) is 0 Å². The maximum absolute atomic E-state index is 12.1. The molecule has 142 valence electrons. The summed E-state index contributed by atoms with van der Waals surface area (Å²) < 4.78 is 5.58.